The lowest BCUT2D eigenvalue weighted by Crippen LogP contribution is -2.02. The van der Waals surface area contributed by atoms with Crippen molar-refractivity contribution in [3.05, 3.63) is 54.6 Å². The molecule has 0 heterocycles. The zero-order valence-corrected chi connectivity index (χ0v) is 9.31. The molecule has 0 saturated heterocycles. The highest BCUT2D eigenvalue weighted by atomic mass is 16.5. The SMILES string of the molecule is COCNc1ccc(-c2ccccc2)cc1. The molecule has 2 heteroatoms. The Balaban J connectivity index is 2.13. The van der Waals surface area contributed by atoms with Crippen LogP contribution in [0.25, 0.3) is 11.1 Å². The highest BCUT2D eigenvalue weighted by Gasteiger charge is 1.96. The molecule has 0 radical (unpaired) electrons. The van der Waals surface area contributed by atoms with Gasteiger partial charge in [0.15, 0.2) is 0 Å². The van der Waals surface area contributed by atoms with Gasteiger partial charge in [0.25, 0.3) is 0 Å². The van der Waals surface area contributed by atoms with Crippen molar-refractivity contribution in [3.8, 4) is 11.1 Å². The monoisotopic (exact) mass is 213 g/mol. The molecule has 0 aliphatic heterocycles. The fourth-order valence-corrected chi connectivity index (χ4v) is 1.57. The van der Waals surface area contributed by atoms with Crippen LogP contribution in [0.1, 0.15) is 0 Å². The molecule has 0 spiro atoms. The van der Waals surface area contributed by atoms with Gasteiger partial charge in [0.05, 0.1) is 0 Å². The summed E-state index contributed by atoms with van der Waals surface area (Å²) in [7, 11) is 1.67. The largest absolute Gasteiger partial charge is 0.365 e. The lowest BCUT2D eigenvalue weighted by molar-refractivity contribution is 0.221. The Morgan fingerprint density at radius 2 is 1.50 bits per heavy atom. The fraction of sp³-hybridized carbons (Fsp3) is 0.143. The van der Waals surface area contributed by atoms with E-state index in [1.54, 1.807) is 7.11 Å². The molecule has 0 amide bonds. The van der Waals surface area contributed by atoms with E-state index in [9.17, 15) is 0 Å². The number of methoxy groups -OCH3 is 1. The topological polar surface area (TPSA) is 21.3 Å². The molecule has 0 atom stereocenters. The standard InChI is InChI=1S/C14H15NO/c1-16-11-15-14-9-7-13(8-10-14)12-5-3-2-4-6-12/h2-10,15H,11H2,1H3. The highest BCUT2D eigenvalue weighted by molar-refractivity contribution is 5.65. The van der Waals surface area contributed by atoms with E-state index in [1.807, 2.05) is 18.2 Å². The second kappa shape index (κ2) is 5.33. The van der Waals surface area contributed by atoms with Crippen LogP contribution in [0.4, 0.5) is 5.69 Å². The van der Waals surface area contributed by atoms with E-state index in [4.69, 9.17) is 4.74 Å². The first kappa shape index (κ1) is 10.7. The molecule has 0 fully saturated rings. The van der Waals surface area contributed by atoms with Crippen LogP contribution in [-0.2, 0) is 4.74 Å². The van der Waals surface area contributed by atoms with Crippen LogP contribution in [0.3, 0.4) is 0 Å². The molecule has 0 bridgehead atoms. The van der Waals surface area contributed by atoms with Gasteiger partial charge in [-0.25, -0.2) is 0 Å². The smallest absolute Gasteiger partial charge is 0.116 e. The minimum atomic E-state index is 0.532. The number of ether oxygens (including phenoxy) is 1. The molecule has 0 aliphatic rings. The number of benzene rings is 2. The normalized spacial score (nSPS) is 10.1. The Hall–Kier alpha value is -1.80. The number of hydrogen-bond donors (Lipinski definition) is 1. The quantitative estimate of drug-likeness (QED) is 0.786. The van der Waals surface area contributed by atoms with Crippen LogP contribution < -0.4 is 5.32 Å². The summed E-state index contributed by atoms with van der Waals surface area (Å²) in [5, 5.41) is 3.15. The first-order valence-corrected chi connectivity index (χ1v) is 5.28. The van der Waals surface area contributed by atoms with Crippen molar-refractivity contribution in [2.75, 3.05) is 19.2 Å². The van der Waals surface area contributed by atoms with Gasteiger partial charge >= 0.3 is 0 Å². The van der Waals surface area contributed by atoms with Gasteiger partial charge in [0, 0.05) is 12.8 Å². The number of anilines is 1. The van der Waals surface area contributed by atoms with E-state index in [-0.39, 0.29) is 0 Å². The van der Waals surface area contributed by atoms with Crippen LogP contribution in [-0.4, -0.2) is 13.8 Å². The van der Waals surface area contributed by atoms with E-state index in [2.05, 4.69) is 41.7 Å². The molecular formula is C14H15NO. The number of nitrogens with one attached hydrogen (secondary N) is 1. The maximum atomic E-state index is 4.95. The van der Waals surface area contributed by atoms with Crippen LogP contribution in [0, 0.1) is 0 Å². The Kier molecular flexibility index (Phi) is 3.57. The minimum absolute atomic E-state index is 0.532. The Bertz CT molecular complexity index is 422. The maximum absolute atomic E-state index is 4.95. The van der Waals surface area contributed by atoms with E-state index in [0.29, 0.717) is 6.73 Å². The van der Waals surface area contributed by atoms with E-state index >= 15 is 0 Å². The molecular weight excluding hydrogens is 198 g/mol. The van der Waals surface area contributed by atoms with Crippen molar-refractivity contribution >= 4 is 5.69 Å². The maximum Gasteiger partial charge on any atom is 0.116 e. The third-order valence-corrected chi connectivity index (χ3v) is 2.41. The summed E-state index contributed by atoms with van der Waals surface area (Å²) in [5.74, 6) is 0. The second-order valence-electron chi connectivity index (χ2n) is 3.55. The average Bonchev–Trinajstić information content (AvgIpc) is 2.38. The molecule has 2 rings (SSSR count). The highest BCUT2D eigenvalue weighted by Crippen LogP contribution is 2.20. The van der Waals surface area contributed by atoms with Crippen molar-refractivity contribution in [1.82, 2.24) is 0 Å². The Labute approximate surface area is 95.9 Å². The van der Waals surface area contributed by atoms with E-state index in [0.717, 1.165) is 5.69 Å². The predicted octanol–water partition coefficient (Wildman–Crippen LogP) is 3.37. The summed E-state index contributed by atoms with van der Waals surface area (Å²) in [5.41, 5.74) is 3.53. The van der Waals surface area contributed by atoms with Crippen LogP contribution in [0.5, 0.6) is 0 Å². The molecule has 16 heavy (non-hydrogen) atoms. The zero-order chi connectivity index (χ0) is 11.2. The summed E-state index contributed by atoms with van der Waals surface area (Å²) in [4.78, 5) is 0. The molecule has 2 nitrogen and oxygen atoms in total. The van der Waals surface area contributed by atoms with Gasteiger partial charge in [-0.15, -0.1) is 0 Å². The van der Waals surface area contributed by atoms with E-state index in [1.165, 1.54) is 11.1 Å². The first-order valence-electron chi connectivity index (χ1n) is 5.28. The van der Waals surface area contributed by atoms with Crippen molar-refractivity contribution in [2.45, 2.75) is 0 Å². The second-order valence-corrected chi connectivity index (χ2v) is 3.55. The van der Waals surface area contributed by atoms with Gasteiger partial charge in [-0.3, -0.25) is 0 Å². The third-order valence-electron chi connectivity index (χ3n) is 2.41. The molecule has 1 N–H and O–H groups in total. The summed E-state index contributed by atoms with van der Waals surface area (Å²) in [6, 6.07) is 18.7. The van der Waals surface area contributed by atoms with Crippen molar-refractivity contribution < 1.29 is 4.74 Å². The van der Waals surface area contributed by atoms with E-state index < -0.39 is 0 Å². The van der Waals surface area contributed by atoms with Crippen molar-refractivity contribution in [2.24, 2.45) is 0 Å². The lowest BCUT2D eigenvalue weighted by atomic mass is 10.1. The molecule has 0 saturated carbocycles. The summed E-state index contributed by atoms with van der Waals surface area (Å²) < 4.78 is 4.95. The van der Waals surface area contributed by atoms with Gasteiger partial charge < -0.3 is 10.1 Å². The van der Waals surface area contributed by atoms with Gasteiger partial charge in [-0.2, -0.15) is 0 Å². The Morgan fingerprint density at radius 1 is 0.875 bits per heavy atom. The fourth-order valence-electron chi connectivity index (χ4n) is 1.57. The van der Waals surface area contributed by atoms with Crippen LogP contribution in [0.2, 0.25) is 0 Å². The molecule has 0 aromatic heterocycles. The molecule has 2 aromatic rings. The molecule has 2 aromatic carbocycles. The Morgan fingerprint density at radius 3 is 2.12 bits per heavy atom. The molecule has 0 aliphatic carbocycles. The van der Waals surface area contributed by atoms with Crippen LogP contribution in [0.15, 0.2) is 54.6 Å². The minimum Gasteiger partial charge on any atom is -0.365 e. The first-order chi connectivity index (χ1) is 7.90. The predicted molar refractivity (Wildman–Crippen MR) is 67.4 cm³/mol. The van der Waals surface area contributed by atoms with Crippen molar-refractivity contribution in [3.63, 3.8) is 0 Å². The summed E-state index contributed by atoms with van der Waals surface area (Å²) in [6.07, 6.45) is 0. The third kappa shape index (κ3) is 2.61. The molecule has 0 unspecified atom stereocenters. The number of hydrogen-bond acceptors (Lipinski definition) is 2. The van der Waals surface area contributed by atoms with Gasteiger partial charge in [-0.05, 0) is 23.3 Å². The molecule has 82 valence electrons. The summed E-state index contributed by atoms with van der Waals surface area (Å²) in [6.45, 7) is 0.532. The van der Waals surface area contributed by atoms with Gasteiger partial charge in [-0.1, -0.05) is 42.5 Å². The van der Waals surface area contributed by atoms with Crippen LogP contribution >= 0.6 is 0 Å². The van der Waals surface area contributed by atoms with Crippen molar-refractivity contribution in [1.29, 1.82) is 0 Å². The lowest BCUT2D eigenvalue weighted by Gasteiger charge is -2.06. The average molecular weight is 213 g/mol. The van der Waals surface area contributed by atoms with Gasteiger partial charge in [0.2, 0.25) is 0 Å². The zero-order valence-electron chi connectivity index (χ0n) is 9.31. The van der Waals surface area contributed by atoms with Gasteiger partial charge in [0.1, 0.15) is 6.73 Å². The number of rotatable bonds is 4. The summed E-state index contributed by atoms with van der Waals surface area (Å²) >= 11 is 0.